The number of fused-ring (bicyclic) bond motifs is 1. The second-order valence-electron chi connectivity index (χ2n) is 5.16. The molecule has 1 aromatic heterocycles. The Hall–Kier alpha value is -2.00. The number of aromatic nitrogens is 2. The van der Waals surface area contributed by atoms with Crippen LogP contribution in [-0.2, 0) is 0 Å². The van der Waals surface area contributed by atoms with E-state index in [0.717, 1.165) is 35.3 Å². The number of hydrogen-bond acceptors (Lipinski definition) is 2. The van der Waals surface area contributed by atoms with Crippen LogP contribution < -0.4 is 0 Å². The van der Waals surface area contributed by atoms with Gasteiger partial charge in [0, 0.05) is 6.04 Å². The Kier molecular flexibility index (Phi) is 2.51. The maximum absolute atomic E-state index is 10.1. The van der Waals surface area contributed by atoms with Crippen molar-refractivity contribution in [3.8, 4) is 17.1 Å². The Bertz CT molecular complexity index is 805. The Morgan fingerprint density at radius 3 is 2.65 bits per heavy atom. The fraction of sp³-hybridized carbons (Fsp3) is 0.188. The van der Waals surface area contributed by atoms with Crippen molar-refractivity contribution in [2.75, 3.05) is 0 Å². The summed E-state index contributed by atoms with van der Waals surface area (Å²) in [5.41, 5.74) is 2.60. The standard InChI is InChI=1S/C16H13ClN2O/c17-12-5-3-6-13-15(12)19(10-8-9-10)16(18-13)11-4-1-2-7-14(11)20/h1-7,10,20H,8-9H2. The zero-order valence-corrected chi connectivity index (χ0v) is 11.5. The number of benzene rings is 2. The average Bonchev–Trinajstić information content (AvgIpc) is 3.20. The van der Waals surface area contributed by atoms with Crippen LogP contribution in [0.3, 0.4) is 0 Å². The number of imidazole rings is 1. The molecule has 0 aliphatic heterocycles. The van der Waals surface area contributed by atoms with E-state index in [1.807, 2.05) is 36.4 Å². The third kappa shape index (κ3) is 1.70. The van der Waals surface area contributed by atoms with E-state index in [0.29, 0.717) is 11.1 Å². The molecule has 3 nitrogen and oxygen atoms in total. The molecule has 20 heavy (non-hydrogen) atoms. The summed E-state index contributed by atoms with van der Waals surface area (Å²) in [6.07, 6.45) is 2.27. The van der Waals surface area contributed by atoms with Crippen molar-refractivity contribution in [2.45, 2.75) is 18.9 Å². The fourth-order valence-corrected chi connectivity index (χ4v) is 2.91. The number of para-hydroxylation sites is 2. The minimum atomic E-state index is 0.251. The van der Waals surface area contributed by atoms with E-state index in [4.69, 9.17) is 11.6 Å². The summed E-state index contributed by atoms with van der Waals surface area (Å²) in [7, 11) is 0. The van der Waals surface area contributed by atoms with Crippen LogP contribution in [0.5, 0.6) is 5.75 Å². The number of hydrogen-bond donors (Lipinski definition) is 1. The predicted octanol–water partition coefficient (Wildman–Crippen LogP) is 4.40. The molecule has 0 radical (unpaired) electrons. The van der Waals surface area contributed by atoms with Crippen molar-refractivity contribution in [1.82, 2.24) is 9.55 Å². The second-order valence-corrected chi connectivity index (χ2v) is 5.57. The van der Waals surface area contributed by atoms with E-state index < -0.39 is 0 Å². The van der Waals surface area contributed by atoms with Crippen LogP contribution >= 0.6 is 11.6 Å². The third-order valence-electron chi connectivity index (χ3n) is 3.72. The van der Waals surface area contributed by atoms with E-state index in [9.17, 15) is 5.11 Å². The molecule has 1 N–H and O–H groups in total. The van der Waals surface area contributed by atoms with Crippen LogP contribution in [0.4, 0.5) is 0 Å². The van der Waals surface area contributed by atoms with Gasteiger partial charge in [-0.25, -0.2) is 4.98 Å². The Morgan fingerprint density at radius 1 is 1.10 bits per heavy atom. The minimum Gasteiger partial charge on any atom is -0.507 e. The Morgan fingerprint density at radius 2 is 1.90 bits per heavy atom. The summed E-state index contributed by atoms with van der Waals surface area (Å²) in [4.78, 5) is 4.68. The van der Waals surface area contributed by atoms with E-state index >= 15 is 0 Å². The molecule has 3 aromatic rings. The first-order valence-corrected chi connectivity index (χ1v) is 7.08. The van der Waals surface area contributed by atoms with Gasteiger partial charge < -0.3 is 9.67 Å². The van der Waals surface area contributed by atoms with Crippen LogP contribution in [0.1, 0.15) is 18.9 Å². The molecule has 1 fully saturated rings. The van der Waals surface area contributed by atoms with Gasteiger partial charge in [-0.3, -0.25) is 0 Å². The van der Waals surface area contributed by atoms with Crippen LogP contribution in [0.25, 0.3) is 22.4 Å². The Labute approximate surface area is 121 Å². The largest absolute Gasteiger partial charge is 0.507 e. The molecule has 0 amide bonds. The molecule has 1 heterocycles. The molecule has 0 unspecified atom stereocenters. The number of aromatic hydroxyl groups is 1. The zero-order chi connectivity index (χ0) is 13.7. The molecular formula is C16H13ClN2O. The topological polar surface area (TPSA) is 38.1 Å². The van der Waals surface area contributed by atoms with Gasteiger partial charge in [0.15, 0.2) is 0 Å². The van der Waals surface area contributed by atoms with Gasteiger partial charge in [0.05, 0.1) is 21.6 Å². The number of nitrogens with zero attached hydrogens (tertiary/aromatic N) is 2. The lowest BCUT2D eigenvalue weighted by Gasteiger charge is -2.09. The highest BCUT2D eigenvalue weighted by atomic mass is 35.5. The van der Waals surface area contributed by atoms with Crippen LogP contribution in [0.15, 0.2) is 42.5 Å². The fourth-order valence-electron chi connectivity index (χ4n) is 2.65. The van der Waals surface area contributed by atoms with Crippen molar-refractivity contribution < 1.29 is 5.11 Å². The summed E-state index contributed by atoms with van der Waals surface area (Å²) >= 11 is 6.35. The summed E-state index contributed by atoms with van der Waals surface area (Å²) in [5.74, 6) is 1.05. The van der Waals surface area contributed by atoms with Crippen molar-refractivity contribution in [3.63, 3.8) is 0 Å². The summed E-state index contributed by atoms with van der Waals surface area (Å²) in [6.45, 7) is 0. The third-order valence-corrected chi connectivity index (χ3v) is 4.02. The van der Waals surface area contributed by atoms with E-state index in [-0.39, 0.29) is 5.75 Å². The lowest BCUT2D eigenvalue weighted by Crippen LogP contribution is -1.97. The van der Waals surface area contributed by atoms with Gasteiger partial charge in [-0.05, 0) is 37.1 Å². The van der Waals surface area contributed by atoms with Gasteiger partial charge in [-0.2, -0.15) is 0 Å². The van der Waals surface area contributed by atoms with Crippen molar-refractivity contribution in [3.05, 3.63) is 47.5 Å². The normalized spacial score (nSPS) is 14.8. The number of phenolic OH excluding ortho intramolecular Hbond substituents is 1. The first-order chi connectivity index (χ1) is 9.75. The van der Waals surface area contributed by atoms with Gasteiger partial charge in [0.2, 0.25) is 0 Å². The maximum Gasteiger partial charge on any atom is 0.145 e. The molecule has 4 rings (SSSR count). The van der Waals surface area contributed by atoms with Gasteiger partial charge in [-0.1, -0.05) is 29.8 Å². The van der Waals surface area contributed by atoms with Crippen molar-refractivity contribution >= 4 is 22.6 Å². The molecule has 1 aliphatic carbocycles. The SMILES string of the molecule is Oc1ccccc1-c1nc2cccc(Cl)c2n1C1CC1. The first-order valence-electron chi connectivity index (χ1n) is 6.70. The van der Waals surface area contributed by atoms with Crippen molar-refractivity contribution in [1.29, 1.82) is 0 Å². The van der Waals surface area contributed by atoms with E-state index in [1.165, 1.54) is 0 Å². The molecule has 0 spiro atoms. The zero-order valence-electron chi connectivity index (χ0n) is 10.8. The molecule has 1 aliphatic rings. The summed E-state index contributed by atoms with van der Waals surface area (Å²) in [5, 5.41) is 10.8. The quantitative estimate of drug-likeness (QED) is 0.757. The highest BCUT2D eigenvalue weighted by Gasteiger charge is 2.30. The molecule has 0 atom stereocenters. The molecular weight excluding hydrogens is 272 g/mol. The number of phenols is 1. The van der Waals surface area contributed by atoms with Crippen LogP contribution in [-0.4, -0.2) is 14.7 Å². The summed E-state index contributed by atoms with van der Waals surface area (Å²) in [6, 6.07) is 13.5. The highest BCUT2D eigenvalue weighted by Crippen LogP contribution is 2.44. The minimum absolute atomic E-state index is 0.251. The molecule has 1 saturated carbocycles. The highest BCUT2D eigenvalue weighted by molar-refractivity contribution is 6.35. The molecule has 0 saturated heterocycles. The van der Waals surface area contributed by atoms with Gasteiger partial charge in [0.25, 0.3) is 0 Å². The lowest BCUT2D eigenvalue weighted by molar-refractivity contribution is 0.476. The van der Waals surface area contributed by atoms with E-state index in [1.54, 1.807) is 6.07 Å². The van der Waals surface area contributed by atoms with Crippen LogP contribution in [0, 0.1) is 0 Å². The molecule has 100 valence electrons. The smallest absolute Gasteiger partial charge is 0.145 e. The Balaban J connectivity index is 2.07. The van der Waals surface area contributed by atoms with Crippen LogP contribution in [0.2, 0.25) is 5.02 Å². The lowest BCUT2D eigenvalue weighted by atomic mass is 10.2. The number of rotatable bonds is 2. The van der Waals surface area contributed by atoms with E-state index in [2.05, 4.69) is 9.55 Å². The average molecular weight is 285 g/mol. The first kappa shape index (κ1) is 11.8. The number of halogens is 1. The predicted molar refractivity (Wildman–Crippen MR) is 80.1 cm³/mol. The van der Waals surface area contributed by atoms with Gasteiger partial charge in [-0.15, -0.1) is 0 Å². The van der Waals surface area contributed by atoms with Gasteiger partial charge in [0.1, 0.15) is 11.6 Å². The molecule has 4 heteroatoms. The summed E-state index contributed by atoms with van der Waals surface area (Å²) < 4.78 is 2.17. The monoisotopic (exact) mass is 284 g/mol. The molecule has 0 bridgehead atoms. The van der Waals surface area contributed by atoms with Crippen molar-refractivity contribution in [2.24, 2.45) is 0 Å². The second kappa shape index (κ2) is 4.25. The molecule has 2 aromatic carbocycles. The maximum atomic E-state index is 10.1. The van der Waals surface area contributed by atoms with Gasteiger partial charge >= 0.3 is 0 Å².